The van der Waals surface area contributed by atoms with Gasteiger partial charge in [-0.05, 0) is 45.2 Å². The summed E-state index contributed by atoms with van der Waals surface area (Å²) in [6.45, 7) is 3.84. The molecule has 0 saturated heterocycles. The molecule has 166 valence electrons. The maximum atomic E-state index is 15.0. The van der Waals surface area contributed by atoms with E-state index in [4.69, 9.17) is 9.47 Å². The molecule has 8 nitrogen and oxygen atoms in total. The quantitative estimate of drug-likeness (QED) is 0.489. The smallest absolute Gasteiger partial charge is 0.416 e. The van der Waals surface area contributed by atoms with Gasteiger partial charge in [-0.25, -0.2) is 13.9 Å². The number of amides is 1. The van der Waals surface area contributed by atoms with Crippen molar-refractivity contribution in [3.8, 4) is 17.4 Å². The molecule has 0 radical (unpaired) electrons. The van der Waals surface area contributed by atoms with Crippen molar-refractivity contribution >= 4 is 23.9 Å². The van der Waals surface area contributed by atoms with E-state index in [9.17, 15) is 9.18 Å². The number of carbonyl (C=O) groups excluding carboxylic acids is 1. The zero-order valence-corrected chi connectivity index (χ0v) is 18.6. The highest BCUT2D eigenvalue weighted by Gasteiger charge is 2.41. The Bertz CT molecular complexity index is 1130. The van der Waals surface area contributed by atoms with Crippen LogP contribution in [0.2, 0.25) is 0 Å². The molecule has 0 saturated carbocycles. The van der Waals surface area contributed by atoms with E-state index in [1.165, 1.54) is 4.90 Å². The van der Waals surface area contributed by atoms with E-state index in [1.54, 1.807) is 55.7 Å². The molecule has 2 N–H and O–H groups in total. The van der Waals surface area contributed by atoms with E-state index in [-0.39, 0.29) is 6.54 Å². The van der Waals surface area contributed by atoms with Crippen molar-refractivity contribution in [2.45, 2.75) is 25.9 Å². The van der Waals surface area contributed by atoms with Gasteiger partial charge in [-0.3, -0.25) is 4.90 Å². The molecule has 1 aliphatic rings. The lowest BCUT2D eigenvalue weighted by Gasteiger charge is -2.42. The number of hydrogen-bond donors (Lipinski definition) is 2. The highest BCUT2D eigenvalue weighted by Crippen LogP contribution is 2.42. The van der Waals surface area contributed by atoms with Crippen molar-refractivity contribution in [1.29, 1.82) is 0 Å². The minimum absolute atomic E-state index is 0.0503. The van der Waals surface area contributed by atoms with E-state index in [2.05, 4.69) is 19.6 Å². The van der Waals surface area contributed by atoms with Crippen LogP contribution in [0.15, 0.2) is 54.7 Å². The topological polar surface area (TPSA) is 88.6 Å². The second-order valence-corrected chi connectivity index (χ2v) is 8.34. The van der Waals surface area contributed by atoms with Crippen LogP contribution in [-0.4, -0.2) is 28.2 Å². The van der Waals surface area contributed by atoms with Gasteiger partial charge in [0.05, 0.1) is 17.8 Å². The van der Waals surface area contributed by atoms with Gasteiger partial charge in [-0.15, -0.1) is 5.10 Å². The number of rotatable bonds is 7. The predicted molar refractivity (Wildman–Crippen MR) is 120 cm³/mol. The van der Waals surface area contributed by atoms with Crippen LogP contribution in [0.25, 0.3) is 0 Å². The average molecular weight is 456 g/mol. The Balaban J connectivity index is 1.59. The van der Waals surface area contributed by atoms with Crippen LogP contribution in [0, 0.1) is 5.82 Å². The van der Waals surface area contributed by atoms with Crippen LogP contribution in [0.5, 0.6) is 17.4 Å². The van der Waals surface area contributed by atoms with Gasteiger partial charge in [-0.2, -0.15) is 5.10 Å². The van der Waals surface area contributed by atoms with Gasteiger partial charge >= 0.3 is 6.09 Å². The van der Waals surface area contributed by atoms with Crippen LogP contribution >= 0.6 is 12.1 Å². The van der Waals surface area contributed by atoms with Crippen molar-refractivity contribution in [3.05, 3.63) is 71.7 Å². The largest absolute Gasteiger partial charge is 0.437 e. The molecule has 1 aromatic heterocycles. The zero-order chi connectivity index (χ0) is 22.7. The summed E-state index contributed by atoms with van der Waals surface area (Å²) < 4.78 is 32.0. The second-order valence-electron chi connectivity index (χ2n) is 7.52. The van der Waals surface area contributed by atoms with Gasteiger partial charge in [0.15, 0.2) is 5.82 Å². The molecule has 2 heterocycles. The fourth-order valence-electron chi connectivity index (χ4n) is 3.46. The van der Waals surface area contributed by atoms with Gasteiger partial charge in [0.2, 0.25) is 5.88 Å². The van der Waals surface area contributed by atoms with Gasteiger partial charge in [-0.1, -0.05) is 12.1 Å². The number of fused-ring (bicyclic) bond motifs is 1. The molecule has 1 aliphatic heterocycles. The summed E-state index contributed by atoms with van der Waals surface area (Å²) in [6.07, 6.45) is 0.980. The number of benzene rings is 2. The maximum absolute atomic E-state index is 15.0. The maximum Gasteiger partial charge on any atom is 0.416 e. The number of halogens is 1. The Morgan fingerprint density at radius 2 is 2.06 bits per heavy atom. The predicted octanol–water partition coefficient (Wildman–Crippen LogP) is 4.85. The fraction of sp³-hybridized carbons (Fsp3) is 0.227. The van der Waals surface area contributed by atoms with E-state index in [0.717, 1.165) is 17.7 Å². The lowest BCUT2D eigenvalue weighted by Crippen LogP contribution is -2.50. The first-order valence-electron chi connectivity index (χ1n) is 9.85. The zero-order valence-electron chi connectivity index (χ0n) is 17.8. The van der Waals surface area contributed by atoms with E-state index >= 15 is 0 Å². The number of carbonyl (C=O) groups is 1. The molecular formula is C22H22FN5O3S. The third-order valence-corrected chi connectivity index (χ3v) is 5.67. The molecule has 0 bridgehead atoms. The van der Waals surface area contributed by atoms with Crippen LogP contribution in [-0.2, 0) is 12.1 Å². The van der Waals surface area contributed by atoms with Gasteiger partial charge < -0.3 is 14.2 Å². The van der Waals surface area contributed by atoms with Crippen molar-refractivity contribution < 1.29 is 18.7 Å². The Labute approximate surface area is 189 Å². The Morgan fingerprint density at radius 3 is 2.81 bits per heavy atom. The summed E-state index contributed by atoms with van der Waals surface area (Å²) in [7, 11) is 1.73. The van der Waals surface area contributed by atoms with Crippen LogP contribution in [0.4, 0.5) is 14.9 Å². The van der Waals surface area contributed by atoms with Gasteiger partial charge in [0, 0.05) is 41.6 Å². The molecule has 4 rings (SSSR count). The normalized spacial score (nSPS) is 14.5. The molecule has 0 spiro atoms. The SMILES string of the molecule is CNSNc1cccc(CN2C(=O)Oc3cc(Oc4cccnn4)ccc3C2(C)C)c1F. The highest BCUT2D eigenvalue weighted by molar-refractivity contribution is 7.98. The monoisotopic (exact) mass is 455 g/mol. The number of ether oxygens (including phenoxy) is 2. The molecule has 0 fully saturated rings. The minimum atomic E-state index is -0.745. The van der Waals surface area contributed by atoms with Gasteiger partial charge in [0.25, 0.3) is 0 Å². The number of nitrogens with zero attached hydrogens (tertiary/aromatic N) is 3. The van der Waals surface area contributed by atoms with Gasteiger partial charge in [0.1, 0.15) is 11.5 Å². The Kier molecular flexibility index (Phi) is 6.15. The first-order chi connectivity index (χ1) is 15.4. The summed E-state index contributed by atoms with van der Waals surface area (Å²) in [5.41, 5.74) is 0.744. The highest BCUT2D eigenvalue weighted by atomic mass is 32.2. The lowest BCUT2D eigenvalue weighted by molar-refractivity contribution is 0.0735. The molecule has 2 aromatic carbocycles. The molecule has 0 atom stereocenters. The second kappa shape index (κ2) is 9.01. The summed E-state index contributed by atoms with van der Waals surface area (Å²) in [5.74, 6) is 0.764. The number of hydrogen-bond acceptors (Lipinski definition) is 8. The van der Waals surface area contributed by atoms with Crippen molar-refractivity contribution in [3.63, 3.8) is 0 Å². The van der Waals surface area contributed by atoms with Crippen LogP contribution < -0.4 is 18.9 Å². The summed E-state index contributed by atoms with van der Waals surface area (Å²) in [4.78, 5) is 14.4. The molecule has 1 amide bonds. The molecule has 10 heteroatoms. The van der Waals surface area contributed by atoms with E-state index in [0.29, 0.717) is 28.6 Å². The summed E-state index contributed by atoms with van der Waals surface area (Å²) >= 11 is 1.16. The van der Waals surface area contributed by atoms with Crippen LogP contribution in [0.3, 0.4) is 0 Å². The fourth-order valence-corrected chi connectivity index (χ4v) is 3.83. The lowest BCUT2D eigenvalue weighted by atomic mass is 9.89. The first-order valence-corrected chi connectivity index (χ1v) is 10.7. The van der Waals surface area contributed by atoms with Crippen molar-refractivity contribution in [2.75, 3.05) is 11.8 Å². The van der Waals surface area contributed by atoms with Crippen molar-refractivity contribution in [1.82, 2.24) is 19.8 Å². The summed E-state index contributed by atoms with van der Waals surface area (Å²) in [6, 6.07) is 13.7. The first kappa shape index (κ1) is 21.8. The molecular weight excluding hydrogens is 433 g/mol. The van der Waals surface area contributed by atoms with E-state index in [1.807, 2.05) is 19.9 Å². The van der Waals surface area contributed by atoms with E-state index < -0.39 is 17.4 Å². The van der Waals surface area contributed by atoms with Crippen molar-refractivity contribution in [2.24, 2.45) is 0 Å². The minimum Gasteiger partial charge on any atom is -0.437 e. The molecule has 0 unspecified atom stereocenters. The number of nitrogens with one attached hydrogen (secondary N) is 2. The standard InChI is InChI=1S/C22H22FN5O3S/c1-22(2)16-10-9-15(30-19-8-5-11-25-26-19)12-18(16)31-21(29)28(22)13-14-6-4-7-17(20(14)23)27-32-24-3/h4-12,24,27H,13H2,1-3H3. The third kappa shape index (κ3) is 4.32. The third-order valence-electron chi connectivity index (χ3n) is 5.15. The molecule has 0 aliphatic carbocycles. The average Bonchev–Trinajstić information content (AvgIpc) is 2.77. The molecule has 3 aromatic rings. The Hall–Kier alpha value is -3.37. The number of anilines is 1. The number of aromatic nitrogens is 2. The Morgan fingerprint density at radius 1 is 1.22 bits per heavy atom. The summed E-state index contributed by atoms with van der Waals surface area (Å²) in [5, 5.41) is 7.66. The molecule has 32 heavy (non-hydrogen) atoms. The van der Waals surface area contributed by atoms with Crippen LogP contribution in [0.1, 0.15) is 25.0 Å².